The van der Waals surface area contributed by atoms with Gasteiger partial charge in [0.25, 0.3) is 0 Å². The lowest BCUT2D eigenvalue weighted by Gasteiger charge is -2.17. The summed E-state index contributed by atoms with van der Waals surface area (Å²) in [5.74, 6) is -0.0347. The fourth-order valence-electron chi connectivity index (χ4n) is 2.71. The Morgan fingerprint density at radius 1 is 0.760 bits per heavy atom. The summed E-state index contributed by atoms with van der Waals surface area (Å²) in [5, 5.41) is 0. The number of unbranched alkanes of at least 4 members (excludes halogenated alkanes) is 11. The second-order valence-corrected chi connectivity index (χ2v) is 8.56. The molecule has 0 aliphatic heterocycles. The number of hydrogen-bond donors (Lipinski definition) is 0. The Morgan fingerprint density at radius 2 is 1.24 bits per heavy atom. The zero-order valence-electron chi connectivity index (χ0n) is 17.6. The predicted molar refractivity (Wildman–Crippen MR) is 110 cm³/mol. The van der Waals surface area contributed by atoms with E-state index in [1.165, 1.54) is 70.6 Å². The van der Waals surface area contributed by atoms with Crippen molar-refractivity contribution in [2.24, 2.45) is 5.41 Å². The third kappa shape index (κ3) is 21.2. The van der Waals surface area contributed by atoms with Gasteiger partial charge in [0, 0.05) is 6.42 Å². The van der Waals surface area contributed by atoms with E-state index in [2.05, 4.69) is 39.8 Å². The van der Waals surface area contributed by atoms with Crippen LogP contribution in [0, 0.1) is 5.41 Å². The topological polar surface area (TPSA) is 26.3 Å². The molecule has 0 aromatic rings. The maximum absolute atomic E-state index is 11.6. The molecule has 0 rings (SSSR count). The van der Waals surface area contributed by atoms with Crippen molar-refractivity contribution in [1.29, 1.82) is 0 Å². The lowest BCUT2D eigenvalue weighted by atomic mass is 9.99. The van der Waals surface area contributed by atoms with Gasteiger partial charge in [-0.15, -0.1) is 0 Å². The minimum Gasteiger partial charge on any atom is -0.465 e. The maximum Gasteiger partial charge on any atom is 0.305 e. The second-order valence-electron chi connectivity index (χ2n) is 8.56. The smallest absolute Gasteiger partial charge is 0.305 e. The van der Waals surface area contributed by atoms with Gasteiger partial charge in [-0.1, -0.05) is 91.2 Å². The van der Waals surface area contributed by atoms with E-state index < -0.39 is 0 Å². The minimum absolute atomic E-state index is 0.0347. The molecule has 0 unspecified atom stereocenters. The highest BCUT2D eigenvalue weighted by Crippen LogP contribution is 2.14. The van der Waals surface area contributed by atoms with Crippen LogP contribution in [0.25, 0.3) is 0 Å². The molecule has 0 N–H and O–H groups in total. The van der Waals surface area contributed by atoms with Gasteiger partial charge in [0.1, 0.15) is 0 Å². The van der Waals surface area contributed by atoms with E-state index in [1.54, 1.807) is 0 Å². The van der Waals surface area contributed by atoms with Crippen LogP contribution in [0.5, 0.6) is 0 Å². The molecule has 25 heavy (non-hydrogen) atoms. The number of esters is 1. The molecule has 2 nitrogen and oxygen atoms in total. The van der Waals surface area contributed by atoms with E-state index in [1.807, 2.05) is 0 Å². The molecule has 0 saturated heterocycles. The Morgan fingerprint density at radius 3 is 1.76 bits per heavy atom. The highest BCUT2D eigenvalue weighted by atomic mass is 16.5. The van der Waals surface area contributed by atoms with Gasteiger partial charge in [-0.3, -0.25) is 4.79 Å². The van der Waals surface area contributed by atoms with Gasteiger partial charge < -0.3 is 4.74 Å². The third-order valence-electron chi connectivity index (χ3n) is 4.31. The molecule has 0 atom stereocenters. The molecule has 0 aromatic heterocycles. The van der Waals surface area contributed by atoms with Crippen molar-refractivity contribution in [3.05, 3.63) is 12.2 Å². The number of carbonyl (C=O) groups excluding carboxylic acids is 1. The molecule has 0 spiro atoms. The molecular weight excluding hydrogens is 308 g/mol. The molecule has 0 aliphatic carbocycles. The molecule has 0 aromatic carbocycles. The SMILES string of the molecule is CCCCCCCC/C=C\CCCCCCCC(=O)OCC(C)(C)C. The molecule has 0 amide bonds. The minimum atomic E-state index is -0.0347. The van der Waals surface area contributed by atoms with Crippen molar-refractivity contribution in [3.8, 4) is 0 Å². The van der Waals surface area contributed by atoms with Crippen molar-refractivity contribution >= 4 is 5.97 Å². The van der Waals surface area contributed by atoms with E-state index in [9.17, 15) is 4.79 Å². The van der Waals surface area contributed by atoms with Gasteiger partial charge in [-0.2, -0.15) is 0 Å². The van der Waals surface area contributed by atoms with Crippen LogP contribution in [0.4, 0.5) is 0 Å². The third-order valence-corrected chi connectivity index (χ3v) is 4.31. The molecular formula is C23H44O2. The lowest BCUT2D eigenvalue weighted by Crippen LogP contribution is -2.18. The highest BCUT2D eigenvalue weighted by molar-refractivity contribution is 5.69. The van der Waals surface area contributed by atoms with Crippen LogP contribution in [0.2, 0.25) is 0 Å². The normalized spacial score (nSPS) is 12.0. The van der Waals surface area contributed by atoms with Gasteiger partial charge in [0.2, 0.25) is 0 Å². The van der Waals surface area contributed by atoms with Crippen LogP contribution in [0.15, 0.2) is 12.2 Å². The zero-order chi connectivity index (χ0) is 18.8. The van der Waals surface area contributed by atoms with Crippen LogP contribution in [0.3, 0.4) is 0 Å². The summed E-state index contributed by atoms with van der Waals surface area (Å²) in [6.45, 7) is 9.05. The Balaban J connectivity index is 3.25. The number of carbonyl (C=O) groups is 1. The second kappa shape index (κ2) is 16.7. The first-order chi connectivity index (χ1) is 12.0. The standard InChI is InChI=1S/C23H44O2/c1-5-6-7-8-9-10-11-12-13-14-15-16-17-18-19-20-22(24)25-21-23(2,3)4/h12-13H,5-11,14-21H2,1-4H3/b13-12-. The van der Waals surface area contributed by atoms with Crippen molar-refractivity contribution < 1.29 is 9.53 Å². The first-order valence-electron chi connectivity index (χ1n) is 10.8. The Labute approximate surface area is 157 Å². The molecule has 2 heteroatoms. The van der Waals surface area contributed by atoms with E-state index in [-0.39, 0.29) is 11.4 Å². The fourth-order valence-corrected chi connectivity index (χ4v) is 2.71. The molecule has 0 radical (unpaired) electrons. The van der Waals surface area contributed by atoms with E-state index in [4.69, 9.17) is 4.74 Å². The van der Waals surface area contributed by atoms with E-state index >= 15 is 0 Å². The lowest BCUT2D eigenvalue weighted by molar-refractivity contribution is -0.146. The van der Waals surface area contributed by atoms with Crippen molar-refractivity contribution in [2.75, 3.05) is 6.61 Å². The molecule has 148 valence electrons. The fraction of sp³-hybridized carbons (Fsp3) is 0.870. The average Bonchev–Trinajstić information content (AvgIpc) is 2.56. The molecule has 0 saturated carbocycles. The van der Waals surface area contributed by atoms with Gasteiger partial charge in [0.15, 0.2) is 0 Å². The summed E-state index contributed by atoms with van der Waals surface area (Å²) in [7, 11) is 0. The molecule has 0 bridgehead atoms. The largest absolute Gasteiger partial charge is 0.465 e. The maximum atomic E-state index is 11.6. The van der Waals surface area contributed by atoms with Crippen molar-refractivity contribution in [3.63, 3.8) is 0 Å². The van der Waals surface area contributed by atoms with Crippen molar-refractivity contribution in [2.45, 2.75) is 118 Å². The summed E-state index contributed by atoms with van der Waals surface area (Å²) in [6.07, 6.45) is 22.0. The number of ether oxygens (including phenoxy) is 1. The van der Waals surface area contributed by atoms with Gasteiger partial charge in [-0.25, -0.2) is 0 Å². The number of hydrogen-bond acceptors (Lipinski definition) is 2. The Bertz CT molecular complexity index is 325. The molecule has 0 fully saturated rings. The quantitative estimate of drug-likeness (QED) is 0.162. The van der Waals surface area contributed by atoms with Crippen LogP contribution in [-0.2, 0) is 9.53 Å². The zero-order valence-corrected chi connectivity index (χ0v) is 17.6. The first kappa shape index (κ1) is 24.2. The summed E-state index contributed by atoms with van der Waals surface area (Å²) in [6, 6.07) is 0. The van der Waals surface area contributed by atoms with Crippen LogP contribution in [-0.4, -0.2) is 12.6 Å². The average molecular weight is 353 g/mol. The summed E-state index contributed by atoms with van der Waals surface area (Å²) in [4.78, 5) is 11.6. The highest BCUT2D eigenvalue weighted by Gasteiger charge is 2.13. The van der Waals surface area contributed by atoms with E-state index in [0.29, 0.717) is 13.0 Å². The van der Waals surface area contributed by atoms with Gasteiger partial charge >= 0.3 is 5.97 Å². The van der Waals surface area contributed by atoms with Gasteiger partial charge in [0.05, 0.1) is 6.61 Å². The molecule has 0 aliphatic rings. The van der Waals surface area contributed by atoms with Crippen LogP contribution >= 0.6 is 0 Å². The predicted octanol–water partition coefficient (Wildman–Crippen LogP) is 7.61. The Kier molecular flexibility index (Phi) is 16.1. The summed E-state index contributed by atoms with van der Waals surface area (Å²) < 4.78 is 5.28. The van der Waals surface area contributed by atoms with Crippen molar-refractivity contribution in [1.82, 2.24) is 0 Å². The number of rotatable bonds is 16. The molecule has 0 heterocycles. The van der Waals surface area contributed by atoms with Crippen LogP contribution in [0.1, 0.15) is 118 Å². The first-order valence-corrected chi connectivity index (χ1v) is 10.8. The summed E-state index contributed by atoms with van der Waals surface area (Å²) in [5.41, 5.74) is 0.0677. The van der Waals surface area contributed by atoms with E-state index in [0.717, 1.165) is 12.8 Å². The van der Waals surface area contributed by atoms with Gasteiger partial charge in [-0.05, 0) is 37.5 Å². The Hall–Kier alpha value is -0.790. The van der Waals surface area contributed by atoms with Crippen LogP contribution < -0.4 is 0 Å². The monoisotopic (exact) mass is 352 g/mol. The number of allylic oxidation sites excluding steroid dienone is 2. The summed E-state index contributed by atoms with van der Waals surface area (Å²) >= 11 is 0.